The molecule has 140 valence electrons. The second-order valence-corrected chi connectivity index (χ2v) is 6.47. The van der Waals surface area contributed by atoms with Gasteiger partial charge < -0.3 is 10.2 Å². The van der Waals surface area contributed by atoms with Crippen molar-refractivity contribution >= 4 is 29.1 Å². The lowest BCUT2D eigenvalue weighted by Crippen LogP contribution is -2.33. The predicted molar refractivity (Wildman–Crippen MR) is 105 cm³/mol. The van der Waals surface area contributed by atoms with Crippen LogP contribution < -0.4 is 10.2 Å². The molecule has 0 radical (unpaired) electrons. The Bertz CT molecular complexity index is 826. The molecule has 3 rings (SSSR count). The molecule has 6 heteroatoms. The van der Waals surface area contributed by atoms with Gasteiger partial charge in [0, 0.05) is 37.9 Å². The van der Waals surface area contributed by atoms with Crippen LogP contribution in [0.4, 0.5) is 11.4 Å². The topological polar surface area (TPSA) is 69.7 Å². The summed E-state index contributed by atoms with van der Waals surface area (Å²) in [4.78, 5) is 39.4. The number of fused-ring (bicyclic) bond motifs is 1. The maximum atomic E-state index is 12.4. The smallest absolute Gasteiger partial charge is 0.261 e. The van der Waals surface area contributed by atoms with Crippen molar-refractivity contribution < 1.29 is 14.4 Å². The van der Waals surface area contributed by atoms with E-state index in [4.69, 9.17) is 0 Å². The Balaban J connectivity index is 1.58. The van der Waals surface area contributed by atoms with Crippen LogP contribution >= 0.6 is 0 Å². The highest BCUT2D eigenvalue weighted by Crippen LogP contribution is 2.23. The molecule has 0 fully saturated rings. The summed E-state index contributed by atoms with van der Waals surface area (Å²) in [5.74, 6) is -0.521. The third-order valence-electron chi connectivity index (χ3n) is 4.62. The van der Waals surface area contributed by atoms with Gasteiger partial charge in [0.05, 0.1) is 11.1 Å². The van der Waals surface area contributed by atoms with E-state index in [-0.39, 0.29) is 17.7 Å². The van der Waals surface area contributed by atoms with Gasteiger partial charge in [-0.15, -0.1) is 0 Å². The van der Waals surface area contributed by atoms with E-state index < -0.39 is 0 Å². The SMILES string of the molecule is CCN(CCCN1C(=O)c2ccccc2C1=O)c1ccc(NC(C)=O)cc1. The van der Waals surface area contributed by atoms with Crippen LogP contribution in [-0.2, 0) is 4.79 Å². The summed E-state index contributed by atoms with van der Waals surface area (Å²) in [6.45, 7) is 5.47. The van der Waals surface area contributed by atoms with Gasteiger partial charge in [0.15, 0.2) is 0 Å². The lowest BCUT2D eigenvalue weighted by atomic mass is 10.1. The molecule has 0 unspecified atom stereocenters. The molecule has 0 aliphatic carbocycles. The molecule has 0 bridgehead atoms. The molecule has 1 heterocycles. The molecule has 2 aromatic rings. The highest BCUT2D eigenvalue weighted by atomic mass is 16.2. The van der Waals surface area contributed by atoms with Crippen LogP contribution in [0.15, 0.2) is 48.5 Å². The lowest BCUT2D eigenvalue weighted by molar-refractivity contribution is -0.114. The molecule has 6 nitrogen and oxygen atoms in total. The van der Waals surface area contributed by atoms with Gasteiger partial charge in [-0.3, -0.25) is 19.3 Å². The van der Waals surface area contributed by atoms with E-state index in [0.717, 1.165) is 24.5 Å². The van der Waals surface area contributed by atoms with Gasteiger partial charge in [-0.05, 0) is 49.7 Å². The number of amides is 3. The van der Waals surface area contributed by atoms with E-state index in [2.05, 4.69) is 17.1 Å². The number of carbonyl (C=O) groups is 3. The summed E-state index contributed by atoms with van der Waals surface area (Å²) in [5.41, 5.74) is 2.77. The molecule has 3 amide bonds. The second kappa shape index (κ2) is 8.03. The quantitative estimate of drug-likeness (QED) is 0.765. The van der Waals surface area contributed by atoms with E-state index in [1.165, 1.54) is 11.8 Å². The molecule has 27 heavy (non-hydrogen) atoms. The van der Waals surface area contributed by atoms with Crippen LogP contribution in [0.1, 0.15) is 41.0 Å². The van der Waals surface area contributed by atoms with Gasteiger partial charge in [-0.1, -0.05) is 12.1 Å². The summed E-state index contributed by atoms with van der Waals surface area (Å²) in [5, 5.41) is 2.75. The Morgan fingerprint density at radius 1 is 1.00 bits per heavy atom. The van der Waals surface area contributed by atoms with Gasteiger partial charge >= 0.3 is 0 Å². The monoisotopic (exact) mass is 365 g/mol. The van der Waals surface area contributed by atoms with Crippen molar-refractivity contribution in [3.63, 3.8) is 0 Å². The Labute approximate surface area is 158 Å². The summed E-state index contributed by atoms with van der Waals surface area (Å²) in [7, 11) is 0. The fourth-order valence-corrected chi connectivity index (χ4v) is 3.29. The van der Waals surface area contributed by atoms with Crippen LogP contribution in [0, 0.1) is 0 Å². The van der Waals surface area contributed by atoms with Gasteiger partial charge in [-0.25, -0.2) is 0 Å². The first-order valence-corrected chi connectivity index (χ1v) is 9.09. The molecule has 0 spiro atoms. The number of anilines is 2. The van der Waals surface area contributed by atoms with Crippen LogP contribution in [0.5, 0.6) is 0 Å². The average molecular weight is 365 g/mol. The molecular formula is C21H23N3O3. The number of benzene rings is 2. The van der Waals surface area contributed by atoms with Gasteiger partial charge in [0.1, 0.15) is 0 Å². The van der Waals surface area contributed by atoms with Crippen molar-refractivity contribution in [3.8, 4) is 0 Å². The van der Waals surface area contributed by atoms with Crippen molar-refractivity contribution in [1.29, 1.82) is 0 Å². The van der Waals surface area contributed by atoms with Crippen LogP contribution in [0.3, 0.4) is 0 Å². The standard InChI is InChI=1S/C21H23N3O3/c1-3-23(17-11-9-16(10-12-17)22-15(2)25)13-6-14-24-20(26)18-7-4-5-8-19(18)21(24)27/h4-5,7-12H,3,6,13-14H2,1-2H3,(H,22,25). The zero-order valence-corrected chi connectivity index (χ0v) is 15.6. The fourth-order valence-electron chi connectivity index (χ4n) is 3.29. The molecule has 0 atom stereocenters. The number of hydrogen-bond acceptors (Lipinski definition) is 4. The van der Waals surface area contributed by atoms with E-state index in [9.17, 15) is 14.4 Å². The van der Waals surface area contributed by atoms with Gasteiger partial charge in [0.25, 0.3) is 11.8 Å². The van der Waals surface area contributed by atoms with Crippen molar-refractivity contribution in [2.75, 3.05) is 29.9 Å². The minimum absolute atomic E-state index is 0.101. The van der Waals surface area contributed by atoms with Crippen LogP contribution in [0.2, 0.25) is 0 Å². The average Bonchev–Trinajstić information content (AvgIpc) is 2.91. The van der Waals surface area contributed by atoms with Crippen molar-refractivity contribution in [2.45, 2.75) is 20.3 Å². The van der Waals surface area contributed by atoms with E-state index in [1.807, 2.05) is 24.3 Å². The number of imide groups is 1. The molecule has 2 aromatic carbocycles. The molecule has 1 aliphatic heterocycles. The molecule has 1 N–H and O–H groups in total. The van der Waals surface area contributed by atoms with Gasteiger partial charge in [-0.2, -0.15) is 0 Å². The minimum Gasteiger partial charge on any atom is -0.372 e. The number of nitrogens with one attached hydrogen (secondary N) is 1. The first kappa shape index (κ1) is 18.6. The zero-order valence-electron chi connectivity index (χ0n) is 15.6. The first-order chi connectivity index (χ1) is 13.0. The largest absolute Gasteiger partial charge is 0.372 e. The Morgan fingerprint density at radius 2 is 1.59 bits per heavy atom. The predicted octanol–water partition coefficient (Wildman–Crippen LogP) is 3.16. The molecule has 0 saturated heterocycles. The molecule has 0 saturated carbocycles. The van der Waals surface area contributed by atoms with Crippen LogP contribution in [0.25, 0.3) is 0 Å². The first-order valence-electron chi connectivity index (χ1n) is 9.09. The Hall–Kier alpha value is -3.15. The Morgan fingerprint density at radius 3 is 2.11 bits per heavy atom. The van der Waals surface area contributed by atoms with Crippen molar-refractivity contribution in [1.82, 2.24) is 4.90 Å². The third-order valence-corrected chi connectivity index (χ3v) is 4.62. The van der Waals surface area contributed by atoms with Gasteiger partial charge in [0.2, 0.25) is 5.91 Å². The zero-order chi connectivity index (χ0) is 19.4. The number of rotatable bonds is 7. The normalized spacial score (nSPS) is 12.9. The number of carbonyl (C=O) groups excluding carboxylic acids is 3. The fraction of sp³-hybridized carbons (Fsp3) is 0.286. The van der Waals surface area contributed by atoms with E-state index in [0.29, 0.717) is 24.1 Å². The maximum Gasteiger partial charge on any atom is 0.261 e. The molecule has 1 aliphatic rings. The van der Waals surface area contributed by atoms with E-state index in [1.54, 1.807) is 24.3 Å². The van der Waals surface area contributed by atoms with Crippen molar-refractivity contribution in [3.05, 3.63) is 59.7 Å². The minimum atomic E-state index is -0.210. The highest BCUT2D eigenvalue weighted by molar-refractivity contribution is 6.21. The highest BCUT2D eigenvalue weighted by Gasteiger charge is 2.34. The summed E-state index contributed by atoms with van der Waals surface area (Å²) < 4.78 is 0. The molecular weight excluding hydrogens is 342 g/mol. The lowest BCUT2D eigenvalue weighted by Gasteiger charge is -2.24. The van der Waals surface area contributed by atoms with Crippen LogP contribution in [-0.4, -0.2) is 42.3 Å². The molecule has 0 aromatic heterocycles. The van der Waals surface area contributed by atoms with E-state index >= 15 is 0 Å². The number of hydrogen-bond donors (Lipinski definition) is 1. The summed E-state index contributed by atoms with van der Waals surface area (Å²) in [6.07, 6.45) is 0.687. The number of nitrogens with zero attached hydrogens (tertiary/aromatic N) is 2. The summed E-state index contributed by atoms with van der Waals surface area (Å²) >= 11 is 0. The van der Waals surface area contributed by atoms with Crippen molar-refractivity contribution in [2.24, 2.45) is 0 Å². The second-order valence-electron chi connectivity index (χ2n) is 6.47. The third kappa shape index (κ3) is 4.00. The Kier molecular flexibility index (Phi) is 5.54. The summed E-state index contributed by atoms with van der Waals surface area (Å²) in [6, 6.07) is 14.6. The maximum absolute atomic E-state index is 12.4.